The minimum atomic E-state index is -0.224. The maximum atomic E-state index is 12.0. The van der Waals surface area contributed by atoms with E-state index in [0.717, 1.165) is 36.6 Å². The first-order valence-corrected chi connectivity index (χ1v) is 7.72. The first kappa shape index (κ1) is 14.8. The Kier molecular flexibility index (Phi) is 4.29. The number of carbonyl (C=O) groups is 1. The maximum absolute atomic E-state index is 12.0. The number of halogens is 1. The van der Waals surface area contributed by atoms with Gasteiger partial charge in [-0.15, -0.1) is 10.2 Å². The van der Waals surface area contributed by atoms with Crippen molar-refractivity contribution in [3.63, 3.8) is 0 Å². The topological polar surface area (TPSA) is 71.8 Å². The Labute approximate surface area is 133 Å². The molecule has 2 heterocycles. The number of nitrogens with zero attached hydrogens (tertiary/aromatic N) is 3. The molecule has 1 aliphatic heterocycles. The van der Waals surface area contributed by atoms with Crippen LogP contribution in [0.25, 0.3) is 0 Å². The molecule has 116 valence electrons. The number of hydrogen-bond acceptors (Lipinski definition) is 3. The van der Waals surface area contributed by atoms with Crippen molar-refractivity contribution in [2.24, 2.45) is 0 Å². The predicted molar refractivity (Wildman–Crippen MR) is 83.6 cm³/mol. The third-order valence-corrected chi connectivity index (χ3v) is 3.99. The van der Waals surface area contributed by atoms with Gasteiger partial charge in [0.05, 0.1) is 6.04 Å². The van der Waals surface area contributed by atoms with Crippen molar-refractivity contribution < 1.29 is 4.79 Å². The van der Waals surface area contributed by atoms with Crippen LogP contribution in [0.4, 0.5) is 4.79 Å². The fourth-order valence-electron chi connectivity index (χ4n) is 2.59. The van der Waals surface area contributed by atoms with Gasteiger partial charge >= 0.3 is 6.03 Å². The zero-order chi connectivity index (χ0) is 15.5. The fraction of sp³-hybridized carbons (Fsp3) is 0.400. The van der Waals surface area contributed by atoms with Crippen LogP contribution >= 0.6 is 11.6 Å². The molecule has 1 unspecified atom stereocenters. The second-order valence-corrected chi connectivity index (χ2v) is 5.84. The number of urea groups is 1. The molecule has 2 amide bonds. The summed E-state index contributed by atoms with van der Waals surface area (Å²) in [7, 11) is 0. The summed E-state index contributed by atoms with van der Waals surface area (Å²) >= 11 is 5.83. The highest BCUT2D eigenvalue weighted by Crippen LogP contribution is 2.18. The Hall–Kier alpha value is -2.08. The minimum absolute atomic E-state index is 0.176. The molecule has 1 aromatic carbocycles. The molecule has 0 fully saturated rings. The molecule has 0 radical (unpaired) electrons. The summed E-state index contributed by atoms with van der Waals surface area (Å²) in [6.07, 6.45) is 2.05. The molecule has 3 rings (SSSR count). The number of aryl methyl sites for hydroxylation is 1. The van der Waals surface area contributed by atoms with E-state index in [1.807, 2.05) is 19.1 Å². The second kappa shape index (κ2) is 6.36. The van der Waals surface area contributed by atoms with Crippen molar-refractivity contribution in [2.75, 3.05) is 0 Å². The van der Waals surface area contributed by atoms with E-state index in [9.17, 15) is 4.79 Å². The SMILES string of the molecule is CC(NC(=O)NCc1ccc(Cl)cc1)c1nnc2n1CCC2. The van der Waals surface area contributed by atoms with E-state index in [1.165, 1.54) is 0 Å². The average Bonchev–Trinajstić information content (AvgIpc) is 3.09. The first-order chi connectivity index (χ1) is 10.6. The normalized spacial score (nSPS) is 14.5. The third kappa shape index (κ3) is 3.22. The van der Waals surface area contributed by atoms with Crippen LogP contribution in [0.2, 0.25) is 5.02 Å². The van der Waals surface area contributed by atoms with Gasteiger partial charge in [-0.25, -0.2) is 4.79 Å². The highest BCUT2D eigenvalue weighted by atomic mass is 35.5. The molecule has 2 aromatic rings. The highest BCUT2D eigenvalue weighted by Gasteiger charge is 2.22. The number of fused-ring (bicyclic) bond motifs is 1. The molecule has 22 heavy (non-hydrogen) atoms. The lowest BCUT2D eigenvalue weighted by molar-refractivity contribution is 0.237. The molecule has 0 saturated heterocycles. The molecule has 1 aliphatic rings. The van der Waals surface area contributed by atoms with E-state index >= 15 is 0 Å². The molecule has 0 aliphatic carbocycles. The van der Waals surface area contributed by atoms with Crippen LogP contribution in [0, 0.1) is 0 Å². The largest absolute Gasteiger partial charge is 0.334 e. The number of hydrogen-bond donors (Lipinski definition) is 2. The van der Waals surface area contributed by atoms with Crippen LogP contribution in [-0.2, 0) is 19.5 Å². The van der Waals surface area contributed by atoms with Gasteiger partial charge in [0.25, 0.3) is 0 Å². The zero-order valence-electron chi connectivity index (χ0n) is 12.3. The summed E-state index contributed by atoms with van der Waals surface area (Å²) in [6.45, 7) is 3.29. The number of aromatic nitrogens is 3. The number of benzene rings is 1. The van der Waals surface area contributed by atoms with Crippen molar-refractivity contribution in [1.29, 1.82) is 0 Å². The molecular weight excluding hydrogens is 302 g/mol. The Morgan fingerprint density at radius 2 is 2.14 bits per heavy atom. The van der Waals surface area contributed by atoms with Gasteiger partial charge < -0.3 is 15.2 Å². The summed E-state index contributed by atoms with van der Waals surface area (Å²) in [5, 5.41) is 14.7. The van der Waals surface area contributed by atoms with Gasteiger partial charge in [0.2, 0.25) is 0 Å². The van der Waals surface area contributed by atoms with E-state index in [-0.39, 0.29) is 12.1 Å². The van der Waals surface area contributed by atoms with Crippen molar-refractivity contribution in [3.8, 4) is 0 Å². The van der Waals surface area contributed by atoms with Crippen molar-refractivity contribution in [1.82, 2.24) is 25.4 Å². The van der Waals surface area contributed by atoms with Gasteiger partial charge in [0.1, 0.15) is 5.82 Å². The lowest BCUT2D eigenvalue weighted by atomic mass is 10.2. The van der Waals surface area contributed by atoms with Gasteiger partial charge in [0, 0.05) is 24.5 Å². The second-order valence-electron chi connectivity index (χ2n) is 5.40. The molecule has 1 atom stereocenters. The molecule has 0 spiro atoms. The Bertz CT molecular complexity index is 667. The molecule has 0 saturated carbocycles. The van der Waals surface area contributed by atoms with E-state index < -0.39 is 0 Å². The van der Waals surface area contributed by atoms with Crippen LogP contribution in [0.3, 0.4) is 0 Å². The average molecular weight is 320 g/mol. The van der Waals surface area contributed by atoms with Crippen LogP contribution in [0.1, 0.15) is 36.6 Å². The lowest BCUT2D eigenvalue weighted by Crippen LogP contribution is -2.37. The lowest BCUT2D eigenvalue weighted by Gasteiger charge is -2.14. The summed E-state index contributed by atoms with van der Waals surface area (Å²) in [5.74, 6) is 1.82. The molecule has 6 nitrogen and oxygen atoms in total. The van der Waals surface area contributed by atoms with Crippen LogP contribution in [-0.4, -0.2) is 20.8 Å². The molecular formula is C15H18ClN5O. The van der Waals surface area contributed by atoms with Gasteiger partial charge in [-0.3, -0.25) is 0 Å². The van der Waals surface area contributed by atoms with E-state index in [1.54, 1.807) is 12.1 Å². The van der Waals surface area contributed by atoms with Gasteiger partial charge in [0.15, 0.2) is 5.82 Å². The highest BCUT2D eigenvalue weighted by molar-refractivity contribution is 6.30. The maximum Gasteiger partial charge on any atom is 0.315 e. The predicted octanol–water partition coefficient (Wildman–Crippen LogP) is 2.44. The molecule has 0 bridgehead atoms. The van der Waals surface area contributed by atoms with Crippen LogP contribution < -0.4 is 10.6 Å². The van der Waals surface area contributed by atoms with Crippen molar-refractivity contribution in [2.45, 2.75) is 38.9 Å². The minimum Gasteiger partial charge on any atom is -0.334 e. The summed E-state index contributed by atoms with van der Waals surface area (Å²) in [6, 6.07) is 6.98. The summed E-state index contributed by atoms with van der Waals surface area (Å²) in [4.78, 5) is 12.0. The van der Waals surface area contributed by atoms with Gasteiger partial charge in [-0.2, -0.15) is 0 Å². The van der Waals surface area contributed by atoms with Crippen molar-refractivity contribution >= 4 is 17.6 Å². The smallest absolute Gasteiger partial charge is 0.315 e. The van der Waals surface area contributed by atoms with Gasteiger partial charge in [-0.1, -0.05) is 23.7 Å². The van der Waals surface area contributed by atoms with Crippen LogP contribution in [0.5, 0.6) is 0 Å². The first-order valence-electron chi connectivity index (χ1n) is 7.34. The van der Waals surface area contributed by atoms with E-state index in [0.29, 0.717) is 11.6 Å². The molecule has 7 heteroatoms. The number of rotatable bonds is 4. The molecule has 1 aromatic heterocycles. The van der Waals surface area contributed by atoms with Gasteiger partial charge in [-0.05, 0) is 31.0 Å². The zero-order valence-corrected chi connectivity index (χ0v) is 13.1. The number of nitrogens with one attached hydrogen (secondary N) is 2. The Morgan fingerprint density at radius 3 is 2.91 bits per heavy atom. The number of carbonyl (C=O) groups excluding carboxylic acids is 1. The fourth-order valence-corrected chi connectivity index (χ4v) is 2.72. The molecule has 2 N–H and O–H groups in total. The number of amides is 2. The Morgan fingerprint density at radius 1 is 1.36 bits per heavy atom. The van der Waals surface area contributed by atoms with Crippen molar-refractivity contribution in [3.05, 3.63) is 46.5 Å². The summed E-state index contributed by atoms with van der Waals surface area (Å²) in [5.41, 5.74) is 0.996. The van der Waals surface area contributed by atoms with E-state index in [4.69, 9.17) is 11.6 Å². The van der Waals surface area contributed by atoms with E-state index in [2.05, 4.69) is 25.4 Å². The standard InChI is InChI=1S/C15H18ClN5O/c1-10(14-20-19-13-3-2-8-21(13)14)18-15(22)17-9-11-4-6-12(16)7-5-11/h4-7,10H,2-3,8-9H2,1H3,(H2,17,18,22). The third-order valence-electron chi connectivity index (χ3n) is 3.74. The Balaban J connectivity index is 1.54. The quantitative estimate of drug-likeness (QED) is 0.909. The summed E-state index contributed by atoms with van der Waals surface area (Å²) < 4.78 is 2.09. The monoisotopic (exact) mass is 319 g/mol. The van der Waals surface area contributed by atoms with Crippen LogP contribution in [0.15, 0.2) is 24.3 Å².